The fourth-order valence-electron chi connectivity index (χ4n) is 1.98. The van der Waals surface area contributed by atoms with Gasteiger partial charge in [-0.3, -0.25) is 9.69 Å². The second-order valence-corrected chi connectivity index (χ2v) is 4.15. The predicted octanol–water partition coefficient (Wildman–Crippen LogP) is 2.83. The number of hydrogen-bond donors (Lipinski definition) is 0. The Labute approximate surface area is 98.3 Å². The molecule has 1 rings (SSSR count). The maximum atomic E-state index is 12.2. The van der Waals surface area contributed by atoms with Crippen LogP contribution >= 0.6 is 0 Å². The number of aryl methyl sites for hydroxylation is 2. The Morgan fingerprint density at radius 2 is 1.62 bits per heavy atom. The molecule has 0 amide bonds. The van der Waals surface area contributed by atoms with Crippen LogP contribution in [0, 0.1) is 13.8 Å². The Kier molecular flexibility index (Phi) is 4.69. The smallest absolute Gasteiger partial charge is 0.177 e. The Morgan fingerprint density at radius 1 is 1.12 bits per heavy atom. The van der Waals surface area contributed by atoms with Gasteiger partial charge in [-0.25, -0.2) is 0 Å². The van der Waals surface area contributed by atoms with Crippen LogP contribution in [-0.4, -0.2) is 30.3 Å². The van der Waals surface area contributed by atoms with Gasteiger partial charge in [-0.15, -0.1) is 0 Å². The molecule has 0 bridgehead atoms. The number of rotatable bonds is 5. The average Bonchev–Trinajstić information content (AvgIpc) is 2.25. The number of nitrogens with zero attached hydrogens (tertiary/aromatic N) is 1. The van der Waals surface area contributed by atoms with Crippen LogP contribution in [-0.2, 0) is 0 Å². The Balaban J connectivity index is 2.88. The van der Waals surface area contributed by atoms with Crippen LogP contribution in [0.2, 0.25) is 0 Å². The van der Waals surface area contributed by atoms with Crippen molar-refractivity contribution in [3.63, 3.8) is 0 Å². The molecule has 0 aromatic heterocycles. The van der Waals surface area contributed by atoms with E-state index in [9.17, 15) is 4.79 Å². The summed E-state index contributed by atoms with van der Waals surface area (Å²) in [5.74, 6) is 0.235. The minimum atomic E-state index is 0.235. The zero-order valence-electron chi connectivity index (χ0n) is 10.7. The van der Waals surface area contributed by atoms with Crippen molar-refractivity contribution in [3.8, 4) is 0 Å². The van der Waals surface area contributed by atoms with Gasteiger partial charge < -0.3 is 0 Å². The van der Waals surface area contributed by atoms with Gasteiger partial charge in [0.15, 0.2) is 5.78 Å². The molecule has 0 unspecified atom stereocenters. The zero-order valence-corrected chi connectivity index (χ0v) is 10.7. The van der Waals surface area contributed by atoms with Gasteiger partial charge in [0.25, 0.3) is 0 Å². The third-order valence-electron chi connectivity index (χ3n) is 3.02. The van der Waals surface area contributed by atoms with Crippen LogP contribution in [0.3, 0.4) is 0 Å². The lowest BCUT2D eigenvalue weighted by Gasteiger charge is -2.18. The van der Waals surface area contributed by atoms with Crippen LogP contribution in [0.5, 0.6) is 0 Å². The van der Waals surface area contributed by atoms with Crippen molar-refractivity contribution >= 4 is 5.78 Å². The van der Waals surface area contributed by atoms with Gasteiger partial charge in [-0.1, -0.05) is 32.0 Å². The van der Waals surface area contributed by atoms with Gasteiger partial charge in [0.1, 0.15) is 0 Å². The molecule has 1 aromatic carbocycles. The fourth-order valence-corrected chi connectivity index (χ4v) is 1.98. The molecule has 0 aliphatic carbocycles. The van der Waals surface area contributed by atoms with Crippen molar-refractivity contribution in [1.29, 1.82) is 0 Å². The van der Waals surface area contributed by atoms with E-state index in [0.29, 0.717) is 6.54 Å². The molecule has 0 atom stereocenters. The first-order valence-corrected chi connectivity index (χ1v) is 5.91. The molecule has 16 heavy (non-hydrogen) atoms. The minimum Gasteiger partial charge on any atom is -0.296 e. The first kappa shape index (κ1) is 12.9. The number of carbonyl (C=O) groups is 1. The molecule has 0 fully saturated rings. The average molecular weight is 219 g/mol. The first-order chi connectivity index (χ1) is 7.60. The van der Waals surface area contributed by atoms with Gasteiger partial charge in [0.2, 0.25) is 0 Å². The lowest BCUT2D eigenvalue weighted by molar-refractivity contribution is 0.0936. The van der Waals surface area contributed by atoms with Crippen molar-refractivity contribution in [1.82, 2.24) is 4.90 Å². The normalized spacial score (nSPS) is 10.8. The third kappa shape index (κ3) is 2.92. The molecule has 0 aliphatic rings. The van der Waals surface area contributed by atoms with E-state index in [1.54, 1.807) is 0 Å². The number of ketones is 1. The van der Waals surface area contributed by atoms with Crippen LogP contribution in [0.15, 0.2) is 18.2 Å². The monoisotopic (exact) mass is 219 g/mol. The lowest BCUT2D eigenvalue weighted by atomic mass is 9.99. The van der Waals surface area contributed by atoms with Gasteiger partial charge in [0.05, 0.1) is 6.54 Å². The molecule has 0 saturated heterocycles. The summed E-state index contributed by atoms with van der Waals surface area (Å²) in [5.41, 5.74) is 3.06. The van der Waals surface area contributed by atoms with E-state index in [2.05, 4.69) is 18.7 Å². The summed E-state index contributed by atoms with van der Waals surface area (Å²) in [6.07, 6.45) is 0. The molecule has 1 aromatic rings. The molecule has 2 nitrogen and oxygen atoms in total. The standard InChI is InChI=1S/C14H21NO/c1-5-15(6-2)10-13(16)14-11(3)8-7-9-12(14)4/h7-9H,5-6,10H2,1-4H3. The van der Waals surface area contributed by atoms with Gasteiger partial charge in [-0.2, -0.15) is 0 Å². The summed E-state index contributed by atoms with van der Waals surface area (Å²) in [6.45, 7) is 10.5. The van der Waals surface area contributed by atoms with E-state index >= 15 is 0 Å². The van der Waals surface area contributed by atoms with Crippen molar-refractivity contribution in [2.45, 2.75) is 27.7 Å². The summed E-state index contributed by atoms with van der Waals surface area (Å²) >= 11 is 0. The number of hydrogen-bond acceptors (Lipinski definition) is 2. The van der Waals surface area contributed by atoms with Crippen molar-refractivity contribution in [2.24, 2.45) is 0 Å². The molecule has 0 N–H and O–H groups in total. The van der Waals surface area contributed by atoms with Crippen molar-refractivity contribution in [3.05, 3.63) is 34.9 Å². The molecular weight excluding hydrogens is 198 g/mol. The maximum Gasteiger partial charge on any atom is 0.177 e. The highest BCUT2D eigenvalue weighted by molar-refractivity contribution is 6.00. The summed E-state index contributed by atoms with van der Waals surface area (Å²) in [7, 11) is 0. The summed E-state index contributed by atoms with van der Waals surface area (Å²) in [5, 5.41) is 0. The summed E-state index contributed by atoms with van der Waals surface area (Å²) in [6, 6.07) is 6.00. The Hall–Kier alpha value is -1.15. The molecule has 0 radical (unpaired) electrons. The van der Waals surface area contributed by atoms with E-state index in [1.807, 2.05) is 32.0 Å². The Morgan fingerprint density at radius 3 is 2.06 bits per heavy atom. The molecule has 0 spiro atoms. The highest BCUT2D eigenvalue weighted by Crippen LogP contribution is 2.14. The van der Waals surface area contributed by atoms with E-state index in [4.69, 9.17) is 0 Å². The van der Waals surface area contributed by atoms with Crippen LogP contribution in [0.25, 0.3) is 0 Å². The Bertz CT molecular complexity index is 347. The second-order valence-electron chi connectivity index (χ2n) is 4.15. The lowest BCUT2D eigenvalue weighted by Crippen LogP contribution is -2.30. The fraction of sp³-hybridized carbons (Fsp3) is 0.500. The number of Topliss-reactive ketones (excluding diaryl/α,β-unsaturated/α-hetero) is 1. The molecule has 0 aliphatic heterocycles. The number of benzene rings is 1. The third-order valence-corrected chi connectivity index (χ3v) is 3.02. The molecule has 88 valence electrons. The molecular formula is C14H21NO. The number of likely N-dealkylation sites (N-methyl/N-ethyl adjacent to an activating group) is 1. The molecule has 0 heterocycles. The highest BCUT2D eigenvalue weighted by Gasteiger charge is 2.14. The zero-order chi connectivity index (χ0) is 12.1. The predicted molar refractivity (Wildman–Crippen MR) is 68.0 cm³/mol. The summed E-state index contributed by atoms with van der Waals surface area (Å²) in [4.78, 5) is 14.3. The molecule has 2 heteroatoms. The van der Waals surface area contributed by atoms with Gasteiger partial charge in [-0.05, 0) is 38.1 Å². The van der Waals surface area contributed by atoms with E-state index in [-0.39, 0.29) is 5.78 Å². The minimum absolute atomic E-state index is 0.235. The van der Waals surface area contributed by atoms with Crippen molar-refractivity contribution < 1.29 is 4.79 Å². The van der Waals surface area contributed by atoms with E-state index in [1.165, 1.54) is 0 Å². The quantitative estimate of drug-likeness (QED) is 0.710. The van der Waals surface area contributed by atoms with Crippen LogP contribution in [0.4, 0.5) is 0 Å². The SMILES string of the molecule is CCN(CC)CC(=O)c1c(C)cccc1C. The number of carbonyl (C=O) groups excluding carboxylic acids is 1. The van der Waals surface area contributed by atoms with Gasteiger partial charge >= 0.3 is 0 Å². The van der Waals surface area contributed by atoms with Crippen molar-refractivity contribution in [2.75, 3.05) is 19.6 Å². The van der Waals surface area contributed by atoms with Crippen LogP contribution < -0.4 is 0 Å². The first-order valence-electron chi connectivity index (χ1n) is 5.91. The second kappa shape index (κ2) is 5.80. The largest absolute Gasteiger partial charge is 0.296 e. The molecule has 0 saturated carbocycles. The highest BCUT2D eigenvalue weighted by atomic mass is 16.1. The van der Waals surface area contributed by atoms with Gasteiger partial charge in [0, 0.05) is 5.56 Å². The maximum absolute atomic E-state index is 12.2. The summed E-state index contributed by atoms with van der Waals surface area (Å²) < 4.78 is 0. The van der Waals surface area contributed by atoms with E-state index < -0.39 is 0 Å². The van der Waals surface area contributed by atoms with Crippen LogP contribution in [0.1, 0.15) is 35.3 Å². The van der Waals surface area contributed by atoms with E-state index in [0.717, 1.165) is 29.8 Å². The topological polar surface area (TPSA) is 20.3 Å².